The highest BCUT2D eigenvalue weighted by atomic mass is 16.5. The van der Waals surface area contributed by atoms with Crippen LogP contribution in [0.15, 0.2) is 0 Å². The van der Waals surface area contributed by atoms with Crippen molar-refractivity contribution in [3.63, 3.8) is 0 Å². The van der Waals surface area contributed by atoms with Gasteiger partial charge < -0.3 is 15.4 Å². The molecule has 1 heterocycles. The number of carbonyl (C=O) groups is 4. The van der Waals surface area contributed by atoms with Crippen LogP contribution in [-0.4, -0.2) is 53.4 Å². The lowest BCUT2D eigenvalue weighted by atomic mass is 9.77. The molecule has 146 valence electrons. The van der Waals surface area contributed by atoms with Crippen molar-refractivity contribution in [2.75, 3.05) is 13.7 Å². The molecule has 1 spiro atoms. The highest BCUT2D eigenvalue weighted by Gasteiger charge is 2.52. The molecule has 1 aliphatic carbocycles. The zero-order chi connectivity index (χ0) is 19.5. The molecule has 8 nitrogen and oxygen atoms in total. The number of imide groups is 1. The monoisotopic (exact) mass is 367 g/mol. The van der Waals surface area contributed by atoms with Crippen LogP contribution in [0.25, 0.3) is 0 Å². The predicted octanol–water partition coefficient (Wildman–Crippen LogP) is 1.34. The average Bonchev–Trinajstić information content (AvgIpc) is 2.81. The Kier molecular flexibility index (Phi) is 5.93. The van der Waals surface area contributed by atoms with E-state index in [-0.39, 0.29) is 18.9 Å². The van der Waals surface area contributed by atoms with E-state index in [1.54, 1.807) is 6.92 Å². The van der Waals surface area contributed by atoms with Gasteiger partial charge in [-0.25, -0.2) is 4.79 Å². The SMILES string of the molecule is CC[C@](C)(CC(=O)OC)NC(=O)CN1C(=O)NC2(CCC(C)CC2)C1=O. The molecule has 2 aliphatic rings. The first-order chi connectivity index (χ1) is 12.1. The fourth-order valence-corrected chi connectivity index (χ4v) is 3.58. The Morgan fingerprint density at radius 3 is 2.50 bits per heavy atom. The fraction of sp³-hybridized carbons (Fsp3) is 0.778. The van der Waals surface area contributed by atoms with Crippen molar-refractivity contribution < 1.29 is 23.9 Å². The van der Waals surface area contributed by atoms with E-state index in [1.807, 2.05) is 6.92 Å². The molecule has 1 atom stereocenters. The summed E-state index contributed by atoms with van der Waals surface area (Å²) in [7, 11) is 1.29. The van der Waals surface area contributed by atoms with Crippen molar-refractivity contribution in [1.82, 2.24) is 15.5 Å². The minimum atomic E-state index is -0.857. The third-order valence-electron chi connectivity index (χ3n) is 5.66. The number of ether oxygens (including phenoxy) is 1. The number of carbonyl (C=O) groups excluding carboxylic acids is 4. The summed E-state index contributed by atoms with van der Waals surface area (Å²) in [5.41, 5.74) is -1.65. The Morgan fingerprint density at radius 2 is 1.96 bits per heavy atom. The summed E-state index contributed by atoms with van der Waals surface area (Å²) in [5, 5.41) is 5.56. The number of nitrogens with one attached hydrogen (secondary N) is 2. The Bertz CT molecular complexity index is 598. The van der Waals surface area contributed by atoms with Crippen molar-refractivity contribution in [2.24, 2.45) is 5.92 Å². The van der Waals surface area contributed by atoms with Gasteiger partial charge in [0.1, 0.15) is 12.1 Å². The summed E-state index contributed by atoms with van der Waals surface area (Å²) >= 11 is 0. The summed E-state index contributed by atoms with van der Waals surface area (Å²) in [5.74, 6) is -0.690. The number of methoxy groups -OCH3 is 1. The first kappa shape index (κ1) is 20.2. The molecule has 1 saturated heterocycles. The van der Waals surface area contributed by atoms with Crippen LogP contribution in [0.5, 0.6) is 0 Å². The smallest absolute Gasteiger partial charge is 0.325 e. The van der Waals surface area contributed by atoms with Gasteiger partial charge in [0.15, 0.2) is 0 Å². The largest absolute Gasteiger partial charge is 0.469 e. The lowest BCUT2D eigenvalue weighted by Gasteiger charge is -2.33. The normalized spacial score (nSPS) is 27.8. The molecule has 0 aromatic rings. The molecule has 1 saturated carbocycles. The van der Waals surface area contributed by atoms with Gasteiger partial charge in [-0.05, 0) is 44.9 Å². The molecule has 26 heavy (non-hydrogen) atoms. The Labute approximate surface area is 154 Å². The minimum absolute atomic E-state index is 0.0215. The van der Waals surface area contributed by atoms with Gasteiger partial charge in [0.2, 0.25) is 5.91 Å². The van der Waals surface area contributed by atoms with Gasteiger partial charge in [-0.3, -0.25) is 19.3 Å². The van der Waals surface area contributed by atoms with Crippen molar-refractivity contribution in [1.29, 1.82) is 0 Å². The van der Waals surface area contributed by atoms with E-state index in [0.29, 0.717) is 25.2 Å². The Hall–Kier alpha value is -2.12. The van der Waals surface area contributed by atoms with Gasteiger partial charge in [0.05, 0.1) is 13.5 Å². The maximum atomic E-state index is 12.8. The molecule has 1 aliphatic heterocycles. The molecule has 2 rings (SSSR count). The summed E-state index contributed by atoms with van der Waals surface area (Å²) in [6.07, 6.45) is 3.49. The molecular formula is C18H29N3O5. The summed E-state index contributed by atoms with van der Waals surface area (Å²) in [6, 6.07) is -0.522. The minimum Gasteiger partial charge on any atom is -0.469 e. The molecule has 2 fully saturated rings. The maximum Gasteiger partial charge on any atom is 0.325 e. The number of nitrogens with zero attached hydrogens (tertiary/aromatic N) is 1. The van der Waals surface area contributed by atoms with Gasteiger partial charge in [0.25, 0.3) is 5.91 Å². The van der Waals surface area contributed by atoms with Crippen molar-refractivity contribution in [2.45, 2.75) is 70.4 Å². The van der Waals surface area contributed by atoms with Gasteiger partial charge in [-0.1, -0.05) is 13.8 Å². The van der Waals surface area contributed by atoms with Gasteiger partial charge >= 0.3 is 12.0 Å². The lowest BCUT2D eigenvalue weighted by molar-refractivity contribution is -0.143. The highest BCUT2D eigenvalue weighted by Crippen LogP contribution is 2.36. The first-order valence-corrected chi connectivity index (χ1v) is 9.16. The van der Waals surface area contributed by atoms with Crippen molar-refractivity contribution in [3.05, 3.63) is 0 Å². The van der Waals surface area contributed by atoms with Crippen molar-refractivity contribution in [3.8, 4) is 0 Å². The number of hydrogen-bond donors (Lipinski definition) is 2. The molecule has 0 unspecified atom stereocenters. The second-order valence-corrected chi connectivity index (χ2v) is 7.80. The van der Waals surface area contributed by atoms with Gasteiger partial charge in [-0.15, -0.1) is 0 Å². The highest BCUT2D eigenvalue weighted by molar-refractivity contribution is 6.09. The van der Waals surface area contributed by atoms with Gasteiger partial charge in [0, 0.05) is 5.54 Å². The van der Waals surface area contributed by atoms with E-state index >= 15 is 0 Å². The molecule has 4 amide bonds. The Morgan fingerprint density at radius 1 is 1.35 bits per heavy atom. The van der Waals surface area contributed by atoms with Crippen LogP contribution < -0.4 is 10.6 Å². The molecular weight excluding hydrogens is 338 g/mol. The van der Waals surface area contributed by atoms with E-state index in [0.717, 1.165) is 17.7 Å². The topological polar surface area (TPSA) is 105 Å². The molecule has 0 aromatic carbocycles. The van der Waals surface area contributed by atoms with E-state index in [2.05, 4.69) is 22.3 Å². The van der Waals surface area contributed by atoms with Crippen LogP contribution in [0.2, 0.25) is 0 Å². The van der Waals surface area contributed by atoms with Crippen LogP contribution in [-0.2, 0) is 19.1 Å². The standard InChI is InChI=1S/C18H29N3O5/c1-5-17(3,10-14(23)26-4)19-13(22)11-21-15(24)18(20-16(21)25)8-6-12(2)7-9-18/h12H,5-11H2,1-4H3,(H,19,22)(H,20,25)/t12?,17-,18?/m1/s1. The molecule has 0 bridgehead atoms. The number of hydrogen-bond acceptors (Lipinski definition) is 5. The van der Waals surface area contributed by atoms with Crippen molar-refractivity contribution >= 4 is 23.8 Å². The second-order valence-electron chi connectivity index (χ2n) is 7.80. The number of amides is 4. The summed E-state index contributed by atoms with van der Waals surface area (Å²) < 4.78 is 4.66. The first-order valence-electron chi connectivity index (χ1n) is 9.16. The Balaban J connectivity index is 2.01. The van der Waals surface area contributed by atoms with E-state index in [4.69, 9.17) is 0 Å². The zero-order valence-corrected chi connectivity index (χ0v) is 16.0. The van der Waals surface area contributed by atoms with E-state index in [1.165, 1.54) is 7.11 Å². The molecule has 2 N–H and O–H groups in total. The molecule has 0 radical (unpaired) electrons. The van der Waals surface area contributed by atoms with Gasteiger partial charge in [-0.2, -0.15) is 0 Å². The third kappa shape index (κ3) is 4.16. The fourth-order valence-electron chi connectivity index (χ4n) is 3.58. The molecule has 0 aromatic heterocycles. The average molecular weight is 367 g/mol. The van der Waals surface area contributed by atoms with Crippen LogP contribution in [0, 0.1) is 5.92 Å². The van der Waals surface area contributed by atoms with Crippen LogP contribution in [0.1, 0.15) is 59.3 Å². The van der Waals surface area contributed by atoms with E-state index < -0.39 is 29.0 Å². The third-order valence-corrected chi connectivity index (χ3v) is 5.66. The number of rotatable bonds is 6. The lowest BCUT2D eigenvalue weighted by Crippen LogP contribution is -2.52. The van der Waals surface area contributed by atoms with Crippen LogP contribution >= 0.6 is 0 Å². The molecule has 8 heteroatoms. The predicted molar refractivity (Wildman–Crippen MR) is 94.1 cm³/mol. The number of urea groups is 1. The number of esters is 1. The van der Waals surface area contributed by atoms with Crippen LogP contribution in [0.4, 0.5) is 4.79 Å². The quantitative estimate of drug-likeness (QED) is 0.544. The maximum absolute atomic E-state index is 12.8. The second kappa shape index (κ2) is 7.63. The summed E-state index contributed by atoms with van der Waals surface area (Å²) in [4.78, 5) is 50.0. The summed E-state index contributed by atoms with van der Waals surface area (Å²) in [6.45, 7) is 5.36. The van der Waals surface area contributed by atoms with E-state index in [9.17, 15) is 19.2 Å². The van der Waals surface area contributed by atoms with Crippen LogP contribution in [0.3, 0.4) is 0 Å². The zero-order valence-electron chi connectivity index (χ0n) is 16.0.